The van der Waals surface area contributed by atoms with Crippen LogP contribution in [0, 0.1) is 5.41 Å². The molecule has 96 valence electrons. The van der Waals surface area contributed by atoms with Gasteiger partial charge in [0.05, 0.1) is 12.6 Å². The summed E-state index contributed by atoms with van der Waals surface area (Å²) in [6, 6.07) is -0.748. The zero-order valence-corrected chi connectivity index (χ0v) is 10.6. The molecule has 0 aliphatic carbocycles. The predicted molar refractivity (Wildman–Crippen MR) is 61.1 cm³/mol. The summed E-state index contributed by atoms with van der Waals surface area (Å²) in [7, 11) is 0. The topological polar surface area (TPSA) is 41.1 Å². The Hall–Kier alpha value is -0.420. The van der Waals surface area contributed by atoms with Crippen LogP contribution in [0.5, 0.6) is 0 Å². The number of carbonyl (C=O) groups excluding carboxylic acids is 1. The Bertz CT molecular complexity index is 254. The van der Waals surface area contributed by atoms with Crippen molar-refractivity contribution >= 4 is 18.3 Å². The summed E-state index contributed by atoms with van der Waals surface area (Å²) < 4.78 is 25.6. The van der Waals surface area contributed by atoms with Gasteiger partial charge in [-0.2, -0.15) is 0 Å². The summed E-state index contributed by atoms with van der Waals surface area (Å²) in [6.07, 6.45) is -0.400. The summed E-state index contributed by atoms with van der Waals surface area (Å²) >= 11 is 0. The molecule has 3 nitrogen and oxygen atoms in total. The van der Waals surface area contributed by atoms with E-state index in [4.69, 9.17) is 0 Å². The van der Waals surface area contributed by atoms with Crippen LogP contribution in [0.25, 0.3) is 0 Å². The lowest BCUT2D eigenvalue weighted by molar-refractivity contribution is -0.123. The lowest BCUT2D eigenvalue weighted by Gasteiger charge is -2.20. The number of hydrogen-bond donors (Lipinski definition) is 2. The Kier molecular flexibility index (Phi) is 5.14. The lowest BCUT2D eigenvalue weighted by Crippen LogP contribution is -2.43. The molecule has 0 bridgehead atoms. The lowest BCUT2D eigenvalue weighted by atomic mass is 9.97. The van der Waals surface area contributed by atoms with Crippen LogP contribution in [0.1, 0.15) is 27.2 Å². The molecule has 1 atom stereocenters. The van der Waals surface area contributed by atoms with E-state index in [0.29, 0.717) is 6.54 Å². The fraction of sp³-hybridized carbons (Fsp3) is 0.900. The molecule has 0 spiro atoms. The van der Waals surface area contributed by atoms with Crippen LogP contribution in [0.4, 0.5) is 8.78 Å². The van der Waals surface area contributed by atoms with Crippen molar-refractivity contribution in [2.45, 2.75) is 39.2 Å². The first-order valence-electron chi connectivity index (χ1n) is 5.09. The van der Waals surface area contributed by atoms with Gasteiger partial charge in [-0.05, 0) is 5.41 Å². The van der Waals surface area contributed by atoms with Crippen LogP contribution in [0.2, 0.25) is 0 Å². The first kappa shape index (κ1) is 15.6. The smallest absolute Gasteiger partial charge is 0.262 e. The van der Waals surface area contributed by atoms with E-state index in [1.165, 1.54) is 0 Å². The number of carbonyl (C=O) groups is 1. The molecular formula is C10H19ClF2N2O. The molecule has 0 aromatic rings. The van der Waals surface area contributed by atoms with E-state index in [1.807, 2.05) is 20.8 Å². The Morgan fingerprint density at radius 2 is 2.06 bits per heavy atom. The zero-order chi connectivity index (χ0) is 11.7. The number of rotatable bonds is 2. The van der Waals surface area contributed by atoms with E-state index in [-0.39, 0.29) is 23.7 Å². The molecule has 1 aliphatic rings. The third-order valence-electron chi connectivity index (χ3n) is 2.22. The molecule has 1 amide bonds. The second kappa shape index (κ2) is 5.27. The predicted octanol–water partition coefficient (Wildman–Crippen LogP) is 1.57. The fourth-order valence-electron chi connectivity index (χ4n) is 1.38. The van der Waals surface area contributed by atoms with Crippen LogP contribution in [0.3, 0.4) is 0 Å². The minimum absolute atomic E-state index is 0. The van der Waals surface area contributed by atoms with E-state index in [2.05, 4.69) is 10.6 Å². The molecule has 0 saturated carbocycles. The highest BCUT2D eigenvalue weighted by Crippen LogP contribution is 2.25. The van der Waals surface area contributed by atoms with Gasteiger partial charge in [0.15, 0.2) is 0 Å². The second-order valence-corrected chi connectivity index (χ2v) is 5.27. The van der Waals surface area contributed by atoms with E-state index >= 15 is 0 Å². The molecule has 16 heavy (non-hydrogen) atoms. The summed E-state index contributed by atoms with van der Waals surface area (Å²) in [4.78, 5) is 11.5. The molecule has 1 saturated heterocycles. The highest BCUT2D eigenvalue weighted by atomic mass is 35.5. The van der Waals surface area contributed by atoms with Crippen molar-refractivity contribution in [3.05, 3.63) is 0 Å². The Balaban J connectivity index is 0.00000225. The maximum absolute atomic E-state index is 12.8. The van der Waals surface area contributed by atoms with Crippen molar-refractivity contribution in [3.8, 4) is 0 Å². The standard InChI is InChI=1S/C10H18F2N2O.ClH/c1-9(2,3)5-14-8(15)7-4-10(11,12)6-13-7;/h7,13H,4-6H2,1-3H3,(H,14,15);1H. The maximum Gasteiger partial charge on any atom is 0.262 e. The van der Waals surface area contributed by atoms with Crippen molar-refractivity contribution in [3.63, 3.8) is 0 Å². The molecule has 1 aliphatic heterocycles. The van der Waals surface area contributed by atoms with E-state index in [9.17, 15) is 13.6 Å². The van der Waals surface area contributed by atoms with Crippen molar-refractivity contribution < 1.29 is 13.6 Å². The number of amides is 1. The average molecular weight is 257 g/mol. The molecule has 1 heterocycles. The normalized spacial score (nSPS) is 23.7. The number of halogens is 3. The number of alkyl halides is 2. The Morgan fingerprint density at radius 1 is 1.50 bits per heavy atom. The van der Waals surface area contributed by atoms with Crippen molar-refractivity contribution in [2.75, 3.05) is 13.1 Å². The van der Waals surface area contributed by atoms with Gasteiger partial charge in [-0.15, -0.1) is 12.4 Å². The highest BCUT2D eigenvalue weighted by molar-refractivity contribution is 5.85. The third kappa shape index (κ3) is 5.07. The quantitative estimate of drug-likeness (QED) is 0.788. The van der Waals surface area contributed by atoms with Gasteiger partial charge in [-0.1, -0.05) is 20.8 Å². The first-order chi connectivity index (χ1) is 6.70. The third-order valence-corrected chi connectivity index (χ3v) is 2.22. The summed E-state index contributed by atoms with van der Waals surface area (Å²) in [5.41, 5.74) is -0.0310. The van der Waals surface area contributed by atoms with Gasteiger partial charge in [0, 0.05) is 13.0 Å². The van der Waals surface area contributed by atoms with Gasteiger partial charge in [0.25, 0.3) is 5.92 Å². The van der Waals surface area contributed by atoms with E-state index in [0.717, 1.165) is 0 Å². The minimum Gasteiger partial charge on any atom is -0.354 e. The fourth-order valence-corrected chi connectivity index (χ4v) is 1.38. The van der Waals surface area contributed by atoms with Crippen LogP contribution < -0.4 is 10.6 Å². The molecule has 1 rings (SSSR count). The average Bonchev–Trinajstić information content (AvgIpc) is 2.40. The zero-order valence-electron chi connectivity index (χ0n) is 9.77. The summed E-state index contributed by atoms with van der Waals surface area (Å²) in [5.74, 6) is -3.08. The van der Waals surface area contributed by atoms with Crippen LogP contribution in [-0.2, 0) is 4.79 Å². The van der Waals surface area contributed by atoms with Crippen molar-refractivity contribution in [1.29, 1.82) is 0 Å². The summed E-state index contributed by atoms with van der Waals surface area (Å²) in [5, 5.41) is 5.19. The van der Waals surface area contributed by atoms with Crippen LogP contribution in [0.15, 0.2) is 0 Å². The van der Waals surface area contributed by atoms with Crippen LogP contribution in [-0.4, -0.2) is 31.0 Å². The van der Waals surface area contributed by atoms with E-state index in [1.54, 1.807) is 0 Å². The monoisotopic (exact) mass is 256 g/mol. The highest BCUT2D eigenvalue weighted by Gasteiger charge is 2.42. The van der Waals surface area contributed by atoms with Crippen LogP contribution >= 0.6 is 12.4 Å². The molecule has 0 radical (unpaired) electrons. The van der Waals surface area contributed by atoms with Gasteiger partial charge < -0.3 is 5.32 Å². The van der Waals surface area contributed by atoms with Gasteiger partial charge in [0.2, 0.25) is 5.91 Å². The molecule has 1 unspecified atom stereocenters. The largest absolute Gasteiger partial charge is 0.354 e. The SMILES string of the molecule is CC(C)(C)CNC(=O)C1CC(F)(F)CN1.Cl. The molecule has 0 aromatic carbocycles. The number of hydrogen-bond acceptors (Lipinski definition) is 2. The molecule has 6 heteroatoms. The second-order valence-electron chi connectivity index (χ2n) is 5.27. The summed E-state index contributed by atoms with van der Waals surface area (Å²) in [6.45, 7) is 6.02. The Morgan fingerprint density at radius 3 is 2.44 bits per heavy atom. The van der Waals surface area contributed by atoms with Gasteiger partial charge >= 0.3 is 0 Å². The number of nitrogens with one attached hydrogen (secondary N) is 2. The first-order valence-corrected chi connectivity index (χ1v) is 5.09. The Labute approximate surface area is 101 Å². The van der Waals surface area contributed by atoms with Gasteiger partial charge in [0.1, 0.15) is 0 Å². The molecular weight excluding hydrogens is 238 g/mol. The maximum atomic E-state index is 12.8. The molecule has 2 N–H and O–H groups in total. The molecule has 0 aromatic heterocycles. The minimum atomic E-state index is -2.75. The van der Waals surface area contributed by atoms with Crippen molar-refractivity contribution in [1.82, 2.24) is 10.6 Å². The van der Waals surface area contributed by atoms with Crippen molar-refractivity contribution in [2.24, 2.45) is 5.41 Å². The van der Waals surface area contributed by atoms with Gasteiger partial charge in [-0.3, -0.25) is 10.1 Å². The molecule has 1 fully saturated rings. The van der Waals surface area contributed by atoms with Gasteiger partial charge in [-0.25, -0.2) is 8.78 Å². The van der Waals surface area contributed by atoms with E-state index < -0.39 is 24.9 Å².